The second kappa shape index (κ2) is 8.13. The predicted octanol–water partition coefficient (Wildman–Crippen LogP) is 2.74. The minimum absolute atomic E-state index is 0.557. The summed E-state index contributed by atoms with van der Waals surface area (Å²) in [5.74, 6) is 0.789. The van der Waals surface area contributed by atoms with Crippen molar-refractivity contribution in [2.75, 3.05) is 26.4 Å². The van der Waals surface area contributed by atoms with Crippen LogP contribution in [-0.2, 0) is 9.47 Å². The lowest BCUT2D eigenvalue weighted by molar-refractivity contribution is 0.101. The summed E-state index contributed by atoms with van der Waals surface area (Å²) in [7, 11) is 0. The van der Waals surface area contributed by atoms with E-state index in [1.54, 1.807) is 0 Å². The van der Waals surface area contributed by atoms with Crippen LogP contribution in [-0.4, -0.2) is 38.5 Å². The maximum absolute atomic E-state index is 5.69. The molecule has 3 heteroatoms. The first kappa shape index (κ1) is 14.3. The number of rotatable bonds is 8. The smallest absolute Gasteiger partial charge is 0.0576 e. The van der Waals surface area contributed by atoms with Gasteiger partial charge in [0.1, 0.15) is 0 Å². The van der Waals surface area contributed by atoms with E-state index in [1.165, 1.54) is 44.9 Å². The first-order chi connectivity index (χ1) is 8.88. The lowest BCUT2D eigenvalue weighted by Crippen LogP contribution is -2.31. The quantitative estimate of drug-likeness (QED) is 0.723. The van der Waals surface area contributed by atoms with Crippen LogP contribution >= 0.6 is 0 Å². The lowest BCUT2D eigenvalue weighted by Gasteiger charge is -2.21. The minimum atomic E-state index is 0.557. The van der Waals surface area contributed by atoms with E-state index in [2.05, 4.69) is 12.2 Å². The van der Waals surface area contributed by atoms with Gasteiger partial charge in [-0.1, -0.05) is 6.92 Å². The number of nitrogens with one attached hydrogen (secondary N) is 1. The summed E-state index contributed by atoms with van der Waals surface area (Å²) >= 11 is 0. The van der Waals surface area contributed by atoms with Gasteiger partial charge in [-0.3, -0.25) is 0 Å². The zero-order chi connectivity index (χ0) is 12.6. The Morgan fingerprint density at radius 2 is 2.22 bits per heavy atom. The van der Waals surface area contributed by atoms with Crippen molar-refractivity contribution in [1.29, 1.82) is 0 Å². The van der Waals surface area contributed by atoms with Gasteiger partial charge < -0.3 is 14.8 Å². The van der Waals surface area contributed by atoms with Crippen LogP contribution in [0, 0.1) is 5.92 Å². The SMILES string of the molecule is CCNC(CCCC1CCCO1)CC1CCOC1. The molecule has 3 unspecified atom stereocenters. The van der Waals surface area contributed by atoms with E-state index in [0.29, 0.717) is 12.1 Å². The molecule has 0 aliphatic carbocycles. The molecule has 0 saturated carbocycles. The molecule has 1 N–H and O–H groups in total. The van der Waals surface area contributed by atoms with Crippen LogP contribution in [0.5, 0.6) is 0 Å². The number of hydrogen-bond acceptors (Lipinski definition) is 3. The minimum Gasteiger partial charge on any atom is -0.381 e. The summed E-state index contributed by atoms with van der Waals surface area (Å²) < 4.78 is 11.2. The van der Waals surface area contributed by atoms with E-state index in [9.17, 15) is 0 Å². The first-order valence-electron chi connectivity index (χ1n) is 7.81. The fourth-order valence-electron chi connectivity index (χ4n) is 3.23. The molecule has 2 heterocycles. The molecule has 0 bridgehead atoms. The van der Waals surface area contributed by atoms with Crippen molar-refractivity contribution >= 4 is 0 Å². The molecule has 0 aromatic heterocycles. The summed E-state index contributed by atoms with van der Waals surface area (Å²) in [5.41, 5.74) is 0. The summed E-state index contributed by atoms with van der Waals surface area (Å²) in [4.78, 5) is 0. The standard InChI is InChI=1S/C15H29NO2/c1-2-16-14(11-13-8-10-17-12-13)5-3-6-15-7-4-9-18-15/h13-16H,2-12H2,1H3. The van der Waals surface area contributed by atoms with Crippen molar-refractivity contribution in [3.63, 3.8) is 0 Å². The Kier molecular flexibility index (Phi) is 6.46. The highest BCUT2D eigenvalue weighted by molar-refractivity contribution is 4.75. The van der Waals surface area contributed by atoms with E-state index in [-0.39, 0.29) is 0 Å². The molecule has 0 aromatic rings. The lowest BCUT2D eigenvalue weighted by atomic mass is 9.95. The highest BCUT2D eigenvalue weighted by atomic mass is 16.5. The van der Waals surface area contributed by atoms with Gasteiger partial charge in [0, 0.05) is 25.9 Å². The second-order valence-corrected chi connectivity index (χ2v) is 5.79. The molecule has 2 rings (SSSR count). The molecule has 106 valence electrons. The summed E-state index contributed by atoms with van der Waals surface area (Å²) in [6.45, 7) is 6.23. The molecule has 0 aromatic carbocycles. The van der Waals surface area contributed by atoms with Crippen LogP contribution in [0.15, 0.2) is 0 Å². The van der Waals surface area contributed by atoms with E-state index < -0.39 is 0 Å². The number of hydrogen-bond donors (Lipinski definition) is 1. The van der Waals surface area contributed by atoms with E-state index in [4.69, 9.17) is 9.47 Å². The summed E-state index contributed by atoms with van der Waals surface area (Å²) in [6.07, 6.45) is 9.50. The van der Waals surface area contributed by atoms with Crippen molar-refractivity contribution in [2.24, 2.45) is 5.92 Å². The highest BCUT2D eigenvalue weighted by Crippen LogP contribution is 2.22. The third kappa shape index (κ3) is 4.87. The zero-order valence-electron chi connectivity index (χ0n) is 11.8. The zero-order valence-corrected chi connectivity index (χ0v) is 11.8. The van der Waals surface area contributed by atoms with Gasteiger partial charge in [0.15, 0.2) is 0 Å². The Morgan fingerprint density at radius 1 is 1.28 bits per heavy atom. The van der Waals surface area contributed by atoms with Gasteiger partial charge in [-0.05, 0) is 57.4 Å². The molecule has 18 heavy (non-hydrogen) atoms. The molecule has 2 fully saturated rings. The Morgan fingerprint density at radius 3 is 2.89 bits per heavy atom. The molecule has 2 aliphatic heterocycles. The molecule has 0 radical (unpaired) electrons. The predicted molar refractivity (Wildman–Crippen MR) is 73.8 cm³/mol. The Labute approximate surface area is 112 Å². The largest absolute Gasteiger partial charge is 0.381 e. The fraction of sp³-hybridized carbons (Fsp3) is 1.00. The molecule has 3 atom stereocenters. The van der Waals surface area contributed by atoms with E-state index in [0.717, 1.165) is 32.3 Å². The average Bonchev–Trinajstić information content (AvgIpc) is 3.02. The molecular formula is C15H29NO2. The Balaban J connectivity index is 1.61. The average molecular weight is 255 g/mol. The molecule has 0 amide bonds. The van der Waals surface area contributed by atoms with Gasteiger partial charge in [-0.2, -0.15) is 0 Å². The Bertz CT molecular complexity index is 211. The van der Waals surface area contributed by atoms with Gasteiger partial charge >= 0.3 is 0 Å². The molecule has 3 nitrogen and oxygen atoms in total. The van der Waals surface area contributed by atoms with Crippen molar-refractivity contribution in [1.82, 2.24) is 5.32 Å². The van der Waals surface area contributed by atoms with Crippen LogP contribution in [0.25, 0.3) is 0 Å². The third-order valence-corrected chi connectivity index (χ3v) is 4.24. The van der Waals surface area contributed by atoms with Gasteiger partial charge in [0.25, 0.3) is 0 Å². The molecular weight excluding hydrogens is 226 g/mol. The first-order valence-corrected chi connectivity index (χ1v) is 7.81. The maximum atomic E-state index is 5.69. The normalized spacial score (nSPS) is 29.8. The summed E-state index contributed by atoms with van der Waals surface area (Å²) in [5, 5.41) is 3.64. The van der Waals surface area contributed by atoms with Crippen molar-refractivity contribution in [3.05, 3.63) is 0 Å². The number of ether oxygens (including phenoxy) is 2. The fourth-order valence-corrected chi connectivity index (χ4v) is 3.23. The van der Waals surface area contributed by atoms with Gasteiger partial charge in [0.2, 0.25) is 0 Å². The Hall–Kier alpha value is -0.120. The molecule has 0 spiro atoms. The van der Waals surface area contributed by atoms with Crippen LogP contribution < -0.4 is 5.32 Å². The van der Waals surface area contributed by atoms with Crippen LogP contribution in [0.2, 0.25) is 0 Å². The van der Waals surface area contributed by atoms with Crippen LogP contribution in [0.1, 0.15) is 51.9 Å². The summed E-state index contributed by atoms with van der Waals surface area (Å²) in [6, 6.07) is 0.683. The van der Waals surface area contributed by atoms with Gasteiger partial charge in [0.05, 0.1) is 6.10 Å². The third-order valence-electron chi connectivity index (χ3n) is 4.24. The maximum Gasteiger partial charge on any atom is 0.0576 e. The van der Waals surface area contributed by atoms with Crippen molar-refractivity contribution < 1.29 is 9.47 Å². The van der Waals surface area contributed by atoms with Crippen LogP contribution in [0.3, 0.4) is 0 Å². The monoisotopic (exact) mass is 255 g/mol. The highest BCUT2D eigenvalue weighted by Gasteiger charge is 2.21. The molecule has 2 aliphatic rings. The topological polar surface area (TPSA) is 30.5 Å². The molecule has 2 saturated heterocycles. The van der Waals surface area contributed by atoms with Crippen molar-refractivity contribution in [2.45, 2.75) is 64.0 Å². The second-order valence-electron chi connectivity index (χ2n) is 5.79. The van der Waals surface area contributed by atoms with Crippen molar-refractivity contribution in [3.8, 4) is 0 Å². The van der Waals surface area contributed by atoms with Gasteiger partial charge in [-0.15, -0.1) is 0 Å². The van der Waals surface area contributed by atoms with Gasteiger partial charge in [-0.25, -0.2) is 0 Å². The van der Waals surface area contributed by atoms with E-state index >= 15 is 0 Å². The van der Waals surface area contributed by atoms with E-state index in [1.807, 2.05) is 0 Å². The van der Waals surface area contributed by atoms with Crippen LogP contribution in [0.4, 0.5) is 0 Å².